The van der Waals surface area contributed by atoms with E-state index in [4.69, 9.17) is 17.3 Å². The molecule has 0 aliphatic rings. The molecule has 132 valence electrons. The van der Waals surface area contributed by atoms with Crippen LogP contribution in [0.1, 0.15) is 11.1 Å². The van der Waals surface area contributed by atoms with E-state index in [9.17, 15) is 10.1 Å². The van der Waals surface area contributed by atoms with Crippen molar-refractivity contribution in [2.75, 3.05) is 5.73 Å². The second-order valence-electron chi connectivity index (χ2n) is 6.06. The number of aromatic nitrogens is 3. The van der Waals surface area contributed by atoms with Crippen molar-refractivity contribution in [2.45, 2.75) is 6.54 Å². The Labute approximate surface area is 159 Å². The lowest BCUT2D eigenvalue weighted by Gasteiger charge is -2.08. The molecule has 4 aromatic rings. The maximum absolute atomic E-state index is 12.9. The van der Waals surface area contributed by atoms with E-state index in [1.54, 1.807) is 35.0 Å². The lowest BCUT2D eigenvalue weighted by molar-refractivity contribution is 0.810. The number of nitrogen functional groups attached to an aromatic ring is 1. The minimum Gasteiger partial charge on any atom is -0.383 e. The largest absolute Gasteiger partial charge is 0.383 e. The first kappa shape index (κ1) is 16.9. The molecule has 0 radical (unpaired) electrons. The molecule has 27 heavy (non-hydrogen) atoms. The van der Waals surface area contributed by atoms with Gasteiger partial charge in [-0.05, 0) is 17.7 Å². The first-order valence-electron chi connectivity index (χ1n) is 8.20. The lowest BCUT2D eigenvalue weighted by atomic mass is 10.1. The molecule has 0 bridgehead atoms. The molecule has 0 atom stereocenters. The summed E-state index contributed by atoms with van der Waals surface area (Å²) in [5.41, 5.74) is 7.49. The van der Waals surface area contributed by atoms with E-state index in [1.165, 1.54) is 4.40 Å². The minimum absolute atomic E-state index is 0.0565. The predicted molar refractivity (Wildman–Crippen MR) is 105 cm³/mol. The number of anilines is 1. The zero-order valence-corrected chi connectivity index (χ0v) is 14.9. The average molecular weight is 376 g/mol. The van der Waals surface area contributed by atoms with E-state index < -0.39 is 5.56 Å². The number of halogens is 1. The van der Waals surface area contributed by atoms with Gasteiger partial charge in [0.05, 0.1) is 12.2 Å². The molecule has 7 heteroatoms. The van der Waals surface area contributed by atoms with Crippen LogP contribution in [0.4, 0.5) is 5.82 Å². The van der Waals surface area contributed by atoms with Gasteiger partial charge >= 0.3 is 0 Å². The zero-order chi connectivity index (χ0) is 19.0. The third kappa shape index (κ3) is 2.94. The lowest BCUT2D eigenvalue weighted by Crippen LogP contribution is -2.21. The van der Waals surface area contributed by atoms with Crippen molar-refractivity contribution in [1.82, 2.24) is 14.0 Å². The van der Waals surface area contributed by atoms with E-state index in [0.717, 1.165) is 5.56 Å². The molecular weight excluding hydrogens is 362 g/mol. The Morgan fingerprint density at radius 2 is 1.81 bits per heavy atom. The Bertz CT molecular complexity index is 1230. The molecule has 2 heterocycles. The molecule has 0 saturated carbocycles. The third-order valence-electron chi connectivity index (χ3n) is 4.29. The van der Waals surface area contributed by atoms with Gasteiger partial charge in [-0.25, -0.2) is 9.38 Å². The van der Waals surface area contributed by atoms with E-state index in [0.29, 0.717) is 28.6 Å². The molecule has 2 aromatic carbocycles. The predicted octanol–water partition coefficient (Wildman–Crippen LogP) is 3.32. The molecule has 0 fully saturated rings. The highest BCUT2D eigenvalue weighted by Crippen LogP contribution is 2.23. The normalized spacial score (nSPS) is 10.8. The van der Waals surface area contributed by atoms with E-state index in [2.05, 4.69) is 4.98 Å². The van der Waals surface area contributed by atoms with Crippen LogP contribution < -0.4 is 11.3 Å². The van der Waals surface area contributed by atoms with Crippen molar-refractivity contribution < 1.29 is 0 Å². The standard InChI is InChI=1S/C20H14ClN5O/c21-15-8-6-14(7-9-15)18-16(10-22)19(27)26-17(23)12-25(20(26)24-18)11-13-4-2-1-3-5-13/h1-9,12H,11,23H2. The van der Waals surface area contributed by atoms with Gasteiger partial charge in [0.1, 0.15) is 17.5 Å². The monoisotopic (exact) mass is 375 g/mol. The second-order valence-corrected chi connectivity index (χ2v) is 6.50. The van der Waals surface area contributed by atoms with Crippen molar-refractivity contribution in [2.24, 2.45) is 0 Å². The van der Waals surface area contributed by atoms with Gasteiger partial charge in [-0.15, -0.1) is 0 Å². The molecule has 6 nitrogen and oxygen atoms in total. The van der Waals surface area contributed by atoms with Crippen molar-refractivity contribution in [3.05, 3.63) is 87.3 Å². The Balaban J connectivity index is 1.97. The highest BCUT2D eigenvalue weighted by molar-refractivity contribution is 6.30. The first-order chi connectivity index (χ1) is 13.1. The van der Waals surface area contributed by atoms with Crippen LogP contribution in [0.3, 0.4) is 0 Å². The minimum atomic E-state index is -0.489. The molecule has 0 spiro atoms. The van der Waals surface area contributed by atoms with Gasteiger partial charge in [-0.1, -0.05) is 54.1 Å². The molecular formula is C20H14ClN5O. The molecule has 0 unspecified atom stereocenters. The number of rotatable bonds is 3. The topological polar surface area (TPSA) is 89.1 Å². The fourth-order valence-corrected chi connectivity index (χ4v) is 3.15. The van der Waals surface area contributed by atoms with Gasteiger partial charge in [0.2, 0.25) is 5.78 Å². The summed E-state index contributed by atoms with van der Waals surface area (Å²) < 4.78 is 3.06. The summed E-state index contributed by atoms with van der Waals surface area (Å²) in [6.45, 7) is 0.500. The number of nitriles is 1. The fourth-order valence-electron chi connectivity index (χ4n) is 3.02. The molecule has 0 aliphatic carbocycles. The van der Waals surface area contributed by atoms with Gasteiger partial charge in [0, 0.05) is 16.8 Å². The van der Waals surface area contributed by atoms with Crippen molar-refractivity contribution in [3.8, 4) is 17.3 Å². The van der Waals surface area contributed by atoms with E-state index in [-0.39, 0.29) is 11.4 Å². The Hall–Kier alpha value is -3.56. The first-order valence-corrected chi connectivity index (χ1v) is 8.57. The highest BCUT2D eigenvalue weighted by Gasteiger charge is 2.19. The maximum atomic E-state index is 12.9. The Morgan fingerprint density at radius 1 is 1.11 bits per heavy atom. The highest BCUT2D eigenvalue weighted by atomic mass is 35.5. The SMILES string of the molecule is N#Cc1c(-c2ccc(Cl)cc2)nc2n(Cc3ccccc3)cc(N)n2c1=O. The summed E-state index contributed by atoms with van der Waals surface area (Å²) in [6, 6.07) is 18.6. The van der Waals surface area contributed by atoms with Crippen molar-refractivity contribution in [1.29, 1.82) is 5.26 Å². The Morgan fingerprint density at radius 3 is 2.48 bits per heavy atom. The number of benzene rings is 2. The van der Waals surface area contributed by atoms with Gasteiger partial charge in [0.15, 0.2) is 0 Å². The maximum Gasteiger partial charge on any atom is 0.279 e. The van der Waals surface area contributed by atoms with Gasteiger partial charge in [-0.2, -0.15) is 5.26 Å². The number of hydrogen-bond acceptors (Lipinski definition) is 4. The van der Waals surface area contributed by atoms with Crippen LogP contribution in [0.5, 0.6) is 0 Å². The van der Waals surface area contributed by atoms with Crippen LogP contribution in [-0.2, 0) is 6.54 Å². The quantitative estimate of drug-likeness (QED) is 0.594. The number of imidazole rings is 1. The summed E-state index contributed by atoms with van der Waals surface area (Å²) in [5, 5.41) is 10.1. The second kappa shape index (κ2) is 6.63. The molecule has 0 amide bonds. The fraction of sp³-hybridized carbons (Fsp3) is 0.0500. The van der Waals surface area contributed by atoms with Gasteiger partial charge < -0.3 is 10.3 Å². The number of nitrogens with two attached hydrogens (primary N) is 1. The molecule has 4 rings (SSSR count). The molecule has 2 N–H and O–H groups in total. The van der Waals surface area contributed by atoms with Crippen LogP contribution in [-0.4, -0.2) is 14.0 Å². The number of fused-ring (bicyclic) bond motifs is 1. The summed E-state index contributed by atoms with van der Waals surface area (Å²) in [7, 11) is 0. The summed E-state index contributed by atoms with van der Waals surface area (Å²) in [4.78, 5) is 17.5. The van der Waals surface area contributed by atoms with Crippen molar-refractivity contribution in [3.63, 3.8) is 0 Å². The summed E-state index contributed by atoms with van der Waals surface area (Å²) in [5.74, 6) is 0.614. The van der Waals surface area contributed by atoms with Crippen LogP contribution in [0.15, 0.2) is 65.6 Å². The van der Waals surface area contributed by atoms with Gasteiger partial charge in [-0.3, -0.25) is 4.79 Å². The van der Waals surface area contributed by atoms with E-state index >= 15 is 0 Å². The van der Waals surface area contributed by atoms with Crippen LogP contribution >= 0.6 is 11.6 Å². The van der Waals surface area contributed by atoms with Crippen LogP contribution in [0, 0.1) is 11.3 Å². The zero-order valence-electron chi connectivity index (χ0n) is 14.1. The van der Waals surface area contributed by atoms with Crippen molar-refractivity contribution >= 4 is 23.2 Å². The van der Waals surface area contributed by atoms with E-state index in [1.807, 2.05) is 36.4 Å². The van der Waals surface area contributed by atoms with Crippen LogP contribution in [0.25, 0.3) is 17.0 Å². The summed E-state index contributed by atoms with van der Waals surface area (Å²) >= 11 is 5.95. The number of hydrogen-bond donors (Lipinski definition) is 1. The number of nitrogens with zero attached hydrogens (tertiary/aromatic N) is 4. The molecule has 0 aliphatic heterocycles. The third-order valence-corrected chi connectivity index (χ3v) is 4.55. The molecule has 2 aromatic heterocycles. The smallest absolute Gasteiger partial charge is 0.279 e. The van der Waals surface area contributed by atoms with Crippen LogP contribution in [0.2, 0.25) is 5.02 Å². The Kier molecular flexibility index (Phi) is 4.15. The van der Waals surface area contributed by atoms with Gasteiger partial charge in [0.25, 0.3) is 5.56 Å². The average Bonchev–Trinajstić information content (AvgIpc) is 2.98. The summed E-state index contributed by atoms with van der Waals surface area (Å²) in [6.07, 6.45) is 1.66. The molecule has 0 saturated heterocycles.